The van der Waals surface area contributed by atoms with Gasteiger partial charge in [0, 0.05) is 12.0 Å². The third-order valence-corrected chi connectivity index (χ3v) is 2.44. The van der Waals surface area contributed by atoms with E-state index in [4.69, 9.17) is 19.7 Å². The van der Waals surface area contributed by atoms with E-state index >= 15 is 0 Å². The summed E-state index contributed by atoms with van der Waals surface area (Å²) in [5, 5.41) is 17.6. The fraction of sp³-hybridized carbons (Fsp3) is 0.500. The number of carboxylic acids is 2. The van der Waals surface area contributed by atoms with Crippen LogP contribution < -0.4 is 0 Å². The second-order valence-electron chi connectivity index (χ2n) is 3.94. The Morgan fingerprint density at radius 2 is 2.00 bits per heavy atom. The summed E-state index contributed by atoms with van der Waals surface area (Å²) in [6.07, 6.45) is 4.26. The van der Waals surface area contributed by atoms with Crippen LogP contribution in [0.4, 0.5) is 0 Å². The molecule has 0 aromatic carbocycles. The summed E-state index contributed by atoms with van der Waals surface area (Å²) in [4.78, 5) is 21.5. The second-order valence-corrected chi connectivity index (χ2v) is 3.94. The van der Waals surface area contributed by atoms with Crippen LogP contribution in [-0.4, -0.2) is 35.0 Å². The Morgan fingerprint density at radius 1 is 1.28 bits per heavy atom. The zero-order valence-electron chi connectivity index (χ0n) is 10.1. The minimum absolute atomic E-state index is 0.0724. The van der Waals surface area contributed by atoms with Gasteiger partial charge in [-0.2, -0.15) is 0 Å². The molecule has 18 heavy (non-hydrogen) atoms. The van der Waals surface area contributed by atoms with E-state index in [0.717, 1.165) is 25.2 Å². The van der Waals surface area contributed by atoms with Crippen LogP contribution in [-0.2, 0) is 19.1 Å². The molecule has 1 heterocycles. The molecule has 6 nitrogen and oxygen atoms in total. The first-order chi connectivity index (χ1) is 8.50. The smallest absolute Gasteiger partial charge is 0.338 e. The topological polar surface area (TPSA) is 93.1 Å². The molecule has 1 rings (SSSR count). The van der Waals surface area contributed by atoms with Crippen molar-refractivity contribution in [3.63, 3.8) is 0 Å². The monoisotopic (exact) mass is 256 g/mol. The van der Waals surface area contributed by atoms with E-state index in [-0.39, 0.29) is 11.1 Å². The molecular weight excluding hydrogens is 240 g/mol. The molecule has 0 saturated carbocycles. The number of aliphatic carboxylic acids is 2. The highest BCUT2D eigenvalue weighted by atomic mass is 16.7. The molecule has 0 spiro atoms. The third-order valence-electron chi connectivity index (χ3n) is 2.44. The number of hydrogen-bond donors (Lipinski definition) is 2. The van der Waals surface area contributed by atoms with Crippen molar-refractivity contribution in [1.82, 2.24) is 0 Å². The molecule has 1 fully saturated rings. The molecule has 0 aromatic rings. The lowest BCUT2D eigenvalue weighted by Gasteiger charge is -2.21. The lowest BCUT2D eigenvalue weighted by atomic mass is 10.2. The first-order valence-corrected chi connectivity index (χ1v) is 5.63. The van der Waals surface area contributed by atoms with E-state index in [1.807, 2.05) is 0 Å². The van der Waals surface area contributed by atoms with Gasteiger partial charge in [-0.1, -0.05) is 0 Å². The van der Waals surface area contributed by atoms with Crippen LogP contribution in [0.2, 0.25) is 0 Å². The van der Waals surface area contributed by atoms with Crippen LogP contribution in [0.3, 0.4) is 0 Å². The Morgan fingerprint density at radius 3 is 2.50 bits per heavy atom. The molecule has 1 aliphatic rings. The van der Waals surface area contributed by atoms with Gasteiger partial charge in [0.05, 0.1) is 12.2 Å². The van der Waals surface area contributed by atoms with Crippen LogP contribution in [0, 0.1) is 0 Å². The molecule has 0 aromatic heterocycles. The summed E-state index contributed by atoms with van der Waals surface area (Å²) in [6, 6.07) is 0. The van der Waals surface area contributed by atoms with Crippen molar-refractivity contribution in [1.29, 1.82) is 0 Å². The van der Waals surface area contributed by atoms with Crippen molar-refractivity contribution in [2.24, 2.45) is 0 Å². The molecule has 1 atom stereocenters. The Balaban J connectivity index is 2.69. The van der Waals surface area contributed by atoms with Gasteiger partial charge in [0.1, 0.15) is 6.26 Å². The lowest BCUT2D eigenvalue weighted by molar-refractivity contribution is -0.136. The van der Waals surface area contributed by atoms with Crippen molar-refractivity contribution in [3.8, 4) is 0 Å². The molecule has 1 unspecified atom stereocenters. The molecular formula is C12H16O6. The summed E-state index contributed by atoms with van der Waals surface area (Å²) in [5.74, 6) is -2.41. The zero-order valence-corrected chi connectivity index (χ0v) is 10.1. The highest BCUT2D eigenvalue weighted by Crippen LogP contribution is 2.15. The standard InChI is InChI=1S/C12H16O6/c1-8(11(13)14)6-9(12(15)16)7-18-10-4-2-3-5-17-10/h6-7,10H,2-5H2,1H3,(H,13,14)(H,15,16). The van der Waals surface area contributed by atoms with Gasteiger partial charge in [-0.3, -0.25) is 0 Å². The SMILES string of the molecule is CC(=CC(=COC1CCCCO1)C(=O)O)C(=O)O. The lowest BCUT2D eigenvalue weighted by Crippen LogP contribution is -2.20. The molecule has 0 aliphatic carbocycles. The second kappa shape index (κ2) is 6.80. The van der Waals surface area contributed by atoms with Gasteiger partial charge in [-0.25, -0.2) is 9.59 Å². The summed E-state index contributed by atoms with van der Waals surface area (Å²) in [5.41, 5.74) is -0.291. The Labute approximate surface area is 105 Å². The first kappa shape index (κ1) is 14.2. The predicted octanol–water partition coefficient (Wildman–Crippen LogP) is 1.53. The molecule has 6 heteroatoms. The summed E-state index contributed by atoms with van der Waals surface area (Å²) in [7, 11) is 0. The van der Waals surface area contributed by atoms with Crippen LogP contribution in [0.25, 0.3) is 0 Å². The normalized spacial score (nSPS) is 21.5. The van der Waals surface area contributed by atoms with Crippen LogP contribution in [0.5, 0.6) is 0 Å². The van der Waals surface area contributed by atoms with Gasteiger partial charge < -0.3 is 19.7 Å². The molecule has 0 amide bonds. The molecule has 1 aliphatic heterocycles. The third kappa shape index (κ3) is 4.58. The van der Waals surface area contributed by atoms with E-state index in [1.54, 1.807) is 0 Å². The molecule has 1 saturated heterocycles. The van der Waals surface area contributed by atoms with Gasteiger partial charge in [0.15, 0.2) is 6.29 Å². The van der Waals surface area contributed by atoms with Gasteiger partial charge in [0.2, 0.25) is 0 Å². The molecule has 0 bridgehead atoms. The predicted molar refractivity (Wildman–Crippen MR) is 61.8 cm³/mol. The minimum atomic E-state index is -1.24. The molecule has 0 radical (unpaired) electrons. The Hall–Kier alpha value is -1.82. The molecule has 100 valence electrons. The fourth-order valence-corrected chi connectivity index (χ4v) is 1.41. The number of carbonyl (C=O) groups is 2. The number of hydrogen-bond acceptors (Lipinski definition) is 4. The minimum Gasteiger partial charge on any atom is -0.478 e. The van der Waals surface area contributed by atoms with Crippen LogP contribution >= 0.6 is 0 Å². The Bertz CT molecular complexity index is 376. The number of rotatable bonds is 5. The maximum Gasteiger partial charge on any atom is 0.338 e. The van der Waals surface area contributed by atoms with Crippen molar-refractivity contribution >= 4 is 11.9 Å². The van der Waals surface area contributed by atoms with Crippen molar-refractivity contribution < 1.29 is 29.3 Å². The zero-order chi connectivity index (χ0) is 13.5. The highest BCUT2D eigenvalue weighted by Gasteiger charge is 2.15. The van der Waals surface area contributed by atoms with E-state index < -0.39 is 18.2 Å². The van der Waals surface area contributed by atoms with Gasteiger partial charge in [-0.15, -0.1) is 0 Å². The first-order valence-electron chi connectivity index (χ1n) is 5.63. The maximum atomic E-state index is 10.9. The summed E-state index contributed by atoms with van der Waals surface area (Å²) in [6.45, 7) is 1.90. The molecule has 2 N–H and O–H groups in total. The van der Waals surface area contributed by atoms with E-state index in [1.165, 1.54) is 6.92 Å². The average molecular weight is 256 g/mol. The fourth-order valence-electron chi connectivity index (χ4n) is 1.41. The maximum absolute atomic E-state index is 10.9. The van der Waals surface area contributed by atoms with Crippen LogP contribution in [0.1, 0.15) is 26.2 Å². The average Bonchev–Trinajstić information content (AvgIpc) is 2.34. The van der Waals surface area contributed by atoms with Gasteiger partial charge in [0.25, 0.3) is 0 Å². The van der Waals surface area contributed by atoms with E-state index in [2.05, 4.69) is 0 Å². The highest BCUT2D eigenvalue weighted by molar-refractivity contribution is 5.94. The summed E-state index contributed by atoms with van der Waals surface area (Å²) < 4.78 is 10.4. The van der Waals surface area contributed by atoms with Gasteiger partial charge in [-0.05, 0) is 25.8 Å². The van der Waals surface area contributed by atoms with Crippen molar-refractivity contribution in [3.05, 3.63) is 23.5 Å². The van der Waals surface area contributed by atoms with E-state index in [9.17, 15) is 9.59 Å². The van der Waals surface area contributed by atoms with Crippen molar-refractivity contribution in [2.45, 2.75) is 32.5 Å². The number of carboxylic acid groups (broad SMARTS) is 2. The van der Waals surface area contributed by atoms with E-state index in [0.29, 0.717) is 13.0 Å². The van der Waals surface area contributed by atoms with Crippen LogP contribution in [0.15, 0.2) is 23.5 Å². The number of ether oxygens (including phenoxy) is 2. The quantitative estimate of drug-likeness (QED) is 0.440. The van der Waals surface area contributed by atoms with Crippen molar-refractivity contribution in [2.75, 3.05) is 6.61 Å². The largest absolute Gasteiger partial charge is 0.478 e. The Kier molecular flexibility index (Phi) is 5.38. The van der Waals surface area contributed by atoms with Gasteiger partial charge >= 0.3 is 11.9 Å². The summed E-state index contributed by atoms with van der Waals surface area (Å²) >= 11 is 0.